The second kappa shape index (κ2) is 6.17. The van der Waals surface area contributed by atoms with Gasteiger partial charge in [-0.05, 0) is 13.8 Å². The van der Waals surface area contributed by atoms with Crippen molar-refractivity contribution in [3.05, 3.63) is 11.1 Å². The second-order valence-electron chi connectivity index (χ2n) is 3.73. The van der Waals surface area contributed by atoms with Crippen LogP contribution in [-0.2, 0) is 4.74 Å². The van der Waals surface area contributed by atoms with E-state index in [9.17, 15) is 4.79 Å². The number of methoxy groups -OCH3 is 3. The molecule has 0 saturated heterocycles. The van der Waals surface area contributed by atoms with Crippen molar-refractivity contribution in [1.29, 1.82) is 0 Å². The van der Waals surface area contributed by atoms with Crippen molar-refractivity contribution in [2.24, 2.45) is 0 Å². The SMILES string of the molecule is CCOC(=O)c1c(N)c(OC)c(C)c(OC)c1OC. The summed E-state index contributed by atoms with van der Waals surface area (Å²) in [6.07, 6.45) is 0. The summed E-state index contributed by atoms with van der Waals surface area (Å²) >= 11 is 0. The monoisotopic (exact) mass is 269 g/mol. The number of hydrogen-bond donors (Lipinski definition) is 1. The summed E-state index contributed by atoms with van der Waals surface area (Å²) in [6, 6.07) is 0. The molecule has 0 saturated carbocycles. The molecule has 106 valence electrons. The maximum atomic E-state index is 12.0. The van der Waals surface area contributed by atoms with E-state index in [1.807, 2.05) is 0 Å². The molecule has 0 spiro atoms. The third kappa shape index (κ3) is 2.52. The maximum absolute atomic E-state index is 12.0. The summed E-state index contributed by atoms with van der Waals surface area (Å²) in [5.41, 5.74) is 6.92. The molecule has 0 fully saturated rings. The van der Waals surface area contributed by atoms with E-state index in [0.717, 1.165) is 0 Å². The Hall–Kier alpha value is -2.11. The Kier molecular flexibility index (Phi) is 4.86. The molecule has 2 N–H and O–H groups in total. The largest absolute Gasteiger partial charge is 0.494 e. The summed E-state index contributed by atoms with van der Waals surface area (Å²) < 4.78 is 20.7. The highest BCUT2D eigenvalue weighted by molar-refractivity contribution is 6.01. The van der Waals surface area contributed by atoms with E-state index in [2.05, 4.69) is 0 Å². The minimum Gasteiger partial charge on any atom is -0.494 e. The summed E-state index contributed by atoms with van der Waals surface area (Å²) in [5.74, 6) is 0.447. The minimum absolute atomic E-state index is 0.114. The van der Waals surface area contributed by atoms with Crippen LogP contribution in [0.1, 0.15) is 22.8 Å². The number of esters is 1. The third-order valence-corrected chi connectivity index (χ3v) is 2.72. The van der Waals surface area contributed by atoms with E-state index >= 15 is 0 Å². The number of nitrogen functional groups attached to an aromatic ring is 1. The smallest absolute Gasteiger partial charge is 0.344 e. The average Bonchev–Trinajstić information content (AvgIpc) is 2.38. The molecule has 0 aromatic heterocycles. The zero-order valence-corrected chi connectivity index (χ0v) is 11.8. The van der Waals surface area contributed by atoms with Gasteiger partial charge in [0, 0.05) is 5.56 Å². The van der Waals surface area contributed by atoms with Crippen molar-refractivity contribution in [2.45, 2.75) is 13.8 Å². The lowest BCUT2D eigenvalue weighted by atomic mass is 10.0. The number of ether oxygens (including phenoxy) is 4. The van der Waals surface area contributed by atoms with Crippen LogP contribution in [0.4, 0.5) is 5.69 Å². The van der Waals surface area contributed by atoms with E-state index in [4.69, 9.17) is 24.7 Å². The highest BCUT2D eigenvalue weighted by Crippen LogP contribution is 2.45. The van der Waals surface area contributed by atoms with Gasteiger partial charge in [-0.3, -0.25) is 0 Å². The van der Waals surface area contributed by atoms with Gasteiger partial charge in [0.2, 0.25) is 0 Å². The molecule has 19 heavy (non-hydrogen) atoms. The fourth-order valence-electron chi connectivity index (χ4n) is 1.93. The molecule has 0 aliphatic heterocycles. The molecule has 1 aromatic rings. The normalized spacial score (nSPS) is 9.95. The van der Waals surface area contributed by atoms with Gasteiger partial charge in [-0.25, -0.2) is 4.79 Å². The predicted molar refractivity (Wildman–Crippen MR) is 71.2 cm³/mol. The Morgan fingerprint density at radius 1 is 1.05 bits per heavy atom. The molecule has 6 nitrogen and oxygen atoms in total. The number of carbonyl (C=O) groups excluding carboxylic acids is 1. The van der Waals surface area contributed by atoms with E-state index in [1.54, 1.807) is 13.8 Å². The van der Waals surface area contributed by atoms with Crippen molar-refractivity contribution in [2.75, 3.05) is 33.7 Å². The first kappa shape index (κ1) is 14.9. The Morgan fingerprint density at radius 2 is 1.58 bits per heavy atom. The van der Waals surface area contributed by atoms with Crippen LogP contribution < -0.4 is 19.9 Å². The van der Waals surface area contributed by atoms with Gasteiger partial charge in [0.05, 0.1) is 33.6 Å². The Balaban J connectivity index is 3.63. The first-order valence-electron chi connectivity index (χ1n) is 5.78. The molecule has 0 bridgehead atoms. The number of benzene rings is 1. The van der Waals surface area contributed by atoms with Gasteiger partial charge >= 0.3 is 5.97 Å². The molecule has 0 aliphatic carbocycles. The van der Waals surface area contributed by atoms with Gasteiger partial charge in [-0.1, -0.05) is 0 Å². The molecule has 0 unspecified atom stereocenters. The first-order valence-corrected chi connectivity index (χ1v) is 5.78. The molecular formula is C13H19NO5. The van der Waals surface area contributed by atoms with Gasteiger partial charge in [-0.15, -0.1) is 0 Å². The number of rotatable bonds is 5. The molecule has 0 heterocycles. The number of nitrogens with two attached hydrogens (primary N) is 1. The van der Waals surface area contributed by atoms with Gasteiger partial charge in [0.15, 0.2) is 11.5 Å². The van der Waals surface area contributed by atoms with Crippen LogP contribution in [0.2, 0.25) is 0 Å². The number of carbonyl (C=O) groups is 1. The van der Waals surface area contributed by atoms with Gasteiger partial charge in [-0.2, -0.15) is 0 Å². The molecular weight excluding hydrogens is 250 g/mol. The molecule has 1 aromatic carbocycles. The van der Waals surface area contributed by atoms with Crippen LogP contribution in [-0.4, -0.2) is 33.9 Å². The van der Waals surface area contributed by atoms with Crippen molar-refractivity contribution < 1.29 is 23.7 Å². The van der Waals surface area contributed by atoms with Crippen LogP contribution in [0.3, 0.4) is 0 Å². The van der Waals surface area contributed by atoms with Crippen LogP contribution >= 0.6 is 0 Å². The fourth-order valence-corrected chi connectivity index (χ4v) is 1.93. The molecule has 0 radical (unpaired) electrons. The van der Waals surface area contributed by atoms with Gasteiger partial charge in [0.1, 0.15) is 11.3 Å². The lowest BCUT2D eigenvalue weighted by Crippen LogP contribution is -2.13. The van der Waals surface area contributed by atoms with Gasteiger partial charge in [0.25, 0.3) is 0 Å². The van der Waals surface area contributed by atoms with Crippen molar-refractivity contribution in [3.63, 3.8) is 0 Å². The van der Waals surface area contributed by atoms with Crippen LogP contribution in [0.15, 0.2) is 0 Å². The highest BCUT2D eigenvalue weighted by Gasteiger charge is 2.27. The van der Waals surface area contributed by atoms with E-state index in [0.29, 0.717) is 17.1 Å². The van der Waals surface area contributed by atoms with E-state index in [-0.39, 0.29) is 23.6 Å². The topological polar surface area (TPSA) is 80.0 Å². The van der Waals surface area contributed by atoms with Gasteiger partial charge < -0.3 is 24.7 Å². The summed E-state index contributed by atoms with van der Waals surface area (Å²) in [6.45, 7) is 3.72. The minimum atomic E-state index is -0.576. The van der Waals surface area contributed by atoms with Crippen LogP contribution in [0, 0.1) is 6.92 Å². The zero-order chi connectivity index (χ0) is 14.6. The average molecular weight is 269 g/mol. The second-order valence-corrected chi connectivity index (χ2v) is 3.73. The number of anilines is 1. The lowest BCUT2D eigenvalue weighted by Gasteiger charge is -2.19. The standard InChI is InChI=1S/C13H19NO5/c1-6-19-13(15)8-9(14)10(16-3)7(2)11(17-4)12(8)18-5/h6,14H2,1-5H3. The first-order chi connectivity index (χ1) is 9.03. The Labute approximate surface area is 112 Å². The molecule has 6 heteroatoms. The van der Waals surface area contributed by atoms with E-state index < -0.39 is 5.97 Å². The molecule has 0 aliphatic rings. The maximum Gasteiger partial charge on any atom is 0.344 e. The van der Waals surface area contributed by atoms with Crippen LogP contribution in [0.25, 0.3) is 0 Å². The lowest BCUT2D eigenvalue weighted by molar-refractivity contribution is 0.0523. The quantitative estimate of drug-likeness (QED) is 0.648. The number of hydrogen-bond acceptors (Lipinski definition) is 6. The summed E-state index contributed by atoms with van der Waals surface area (Å²) in [5, 5.41) is 0. The predicted octanol–water partition coefficient (Wildman–Crippen LogP) is 1.78. The van der Waals surface area contributed by atoms with Crippen molar-refractivity contribution >= 4 is 11.7 Å². The van der Waals surface area contributed by atoms with Crippen molar-refractivity contribution in [1.82, 2.24) is 0 Å². The molecule has 0 atom stereocenters. The third-order valence-electron chi connectivity index (χ3n) is 2.72. The molecule has 0 amide bonds. The van der Waals surface area contributed by atoms with Crippen LogP contribution in [0.5, 0.6) is 17.2 Å². The fraction of sp³-hybridized carbons (Fsp3) is 0.462. The van der Waals surface area contributed by atoms with Crippen molar-refractivity contribution in [3.8, 4) is 17.2 Å². The summed E-state index contributed by atoms with van der Waals surface area (Å²) in [7, 11) is 4.39. The molecule has 1 rings (SSSR count). The zero-order valence-electron chi connectivity index (χ0n) is 11.8. The Bertz CT molecular complexity index is 485. The summed E-state index contributed by atoms with van der Waals surface area (Å²) in [4.78, 5) is 12.0. The van der Waals surface area contributed by atoms with E-state index in [1.165, 1.54) is 21.3 Å². The highest BCUT2D eigenvalue weighted by atomic mass is 16.5. The Morgan fingerprint density at radius 3 is 2.00 bits per heavy atom.